The molecule has 2 unspecified atom stereocenters. The van der Waals surface area contributed by atoms with E-state index in [0.29, 0.717) is 26.2 Å². The van der Waals surface area contributed by atoms with Crippen LogP contribution in [-0.4, -0.2) is 70.1 Å². The average molecular weight is 290 g/mol. The number of hydrogen-bond acceptors (Lipinski definition) is 7. The van der Waals surface area contributed by atoms with E-state index in [1.165, 1.54) is 5.06 Å². The highest BCUT2D eigenvalue weighted by Gasteiger charge is 2.48. The summed E-state index contributed by atoms with van der Waals surface area (Å²) in [5, 5.41) is 32.1. The van der Waals surface area contributed by atoms with E-state index in [-0.39, 0.29) is 0 Å². The molecule has 2 atom stereocenters. The van der Waals surface area contributed by atoms with Gasteiger partial charge in [-0.2, -0.15) is 0 Å². The van der Waals surface area contributed by atoms with Crippen molar-refractivity contribution < 1.29 is 34.5 Å². The van der Waals surface area contributed by atoms with Gasteiger partial charge in [0, 0.05) is 26.2 Å². The molecule has 1 aliphatic rings. The zero-order valence-corrected chi connectivity index (χ0v) is 11.0. The van der Waals surface area contributed by atoms with Crippen molar-refractivity contribution in [1.82, 2.24) is 10.4 Å². The molecule has 4 N–H and O–H groups in total. The first-order valence-corrected chi connectivity index (χ1v) is 6.12. The first-order valence-electron chi connectivity index (χ1n) is 6.12. The molecule has 9 nitrogen and oxygen atoms in total. The van der Waals surface area contributed by atoms with Crippen LogP contribution in [-0.2, 0) is 19.2 Å². The molecular formula is C11H18N2O7. The minimum absolute atomic E-state index is 0.436. The quantitative estimate of drug-likeness (QED) is 0.450. The number of hydroxylamine groups is 2. The zero-order valence-electron chi connectivity index (χ0n) is 11.0. The lowest BCUT2D eigenvalue weighted by atomic mass is 9.86. The summed E-state index contributed by atoms with van der Waals surface area (Å²) in [6, 6.07) is 0. The fourth-order valence-electron chi connectivity index (χ4n) is 1.75. The second kappa shape index (κ2) is 6.64. The summed E-state index contributed by atoms with van der Waals surface area (Å²) in [6.07, 6.45) is -0.931. The summed E-state index contributed by atoms with van der Waals surface area (Å²) in [5.74, 6) is -5.91. The van der Waals surface area contributed by atoms with Gasteiger partial charge in [-0.1, -0.05) is 0 Å². The number of hydrogen-bond donors (Lipinski definition) is 4. The Kier molecular flexibility index (Phi) is 5.43. The molecule has 9 heteroatoms. The summed E-state index contributed by atoms with van der Waals surface area (Å²) in [6.45, 7) is 3.12. The number of carboxylic acids is 2. The summed E-state index contributed by atoms with van der Waals surface area (Å²) in [7, 11) is 0. The number of nitrogens with one attached hydrogen (secondary N) is 1. The van der Waals surface area contributed by atoms with Crippen LogP contribution in [0.4, 0.5) is 0 Å². The van der Waals surface area contributed by atoms with Gasteiger partial charge in [-0.3, -0.25) is 9.59 Å². The highest BCUT2D eigenvalue weighted by molar-refractivity contribution is 5.89. The van der Waals surface area contributed by atoms with Crippen LogP contribution in [0.15, 0.2) is 0 Å². The number of carbonyl (C=O) groups is 3. The lowest BCUT2D eigenvalue weighted by Gasteiger charge is -2.29. The largest absolute Gasteiger partial charge is 0.481 e. The third-order valence-corrected chi connectivity index (χ3v) is 3.18. The van der Waals surface area contributed by atoms with Gasteiger partial charge in [0.05, 0.1) is 12.3 Å². The summed E-state index contributed by atoms with van der Waals surface area (Å²) >= 11 is 0. The number of rotatable bonds is 6. The Morgan fingerprint density at radius 2 is 1.85 bits per heavy atom. The zero-order chi connectivity index (χ0) is 15.3. The normalized spacial score (nSPS) is 20.7. The first-order chi connectivity index (χ1) is 9.27. The molecule has 1 rings (SSSR count). The van der Waals surface area contributed by atoms with Gasteiger partial charge in [0.25, 0.3) is 0 Å². The number of aliphatic carboxylic acids is 2. The molecule has 1 fully saturated rings. The molecule has 0 aliphatic carbocycles. The minimum atomic E-state index is -2.70. The fraction of sp³-hybridized carbons (Fsp3) is 0.727. The maximum atomic E-state index is 11.7. The SMILES string of the molecule is CC(C(=O)O)C(O)(CC(=O)ON1CCNCC1)C(=O)O. The second-order valence-electron chi connectivity index (χ2n) is 4.61. The maximum absolute atomic E-state index is 11.7. The number of aliphatic hydroxyl groups is 1. The topological polar surface area (TPSA) is 136 Å². The molecule has 0 saturated carbocycles. The number of carboxylic acid groups (broad SMARTS) is 2. The number of carbonyl (C=O) groups excluding carboxylic acids is 1. The van der Waals surface area contributed by atoms with Crippen molar-refractivity contribution in [3.63, 3.8) is 0 Å². The van der Waals surface area contributed by atoms with Gasteiger partial charge < -0.3 is 25.5 Å². The second-order valence-corrected chi connectivity index (χ2v) is 4.61. The van der Waals surface area contributed by atoms with E-state index < -0.39 is 35.8 Å². The monoisotopic (exact) mass is 290 g/mol. The molecule has 0 aromatic carbocycles. The van der Waals surface area contributed by atoms with E-state index in [1.807, 2.05) is 0 Å². The van der Waals surface area contributed by atoms with Gasteiger partial charge in [0.15, 0.2) is 5.60 Å². The van der Waals surface area contributed by atoms with E-state index in [2.05, 4.69) is 5.32 Å². The van der Waals surface area contributed by atoms with E-state index >= 15 is 0 Å². The molecular weight excluding hydrogens is 272 g/mol. The predicted octanol–water partition coefficient (Wildman–Crippen LogP) is -1.72. The van der Waals surface area contributed by atoms with Gasteiger partial charge in [0.2, 0.25) is 0 Å². The van der Waals surface area contributed by atoms with Gasteiger partial charge in [-0.15, -0.1) is 5.06 Å². The Bertz CT molecular complexity index is 394. The van der Waals surface area contributed by atoms with Crippen LogP contribution < -0.4 is 5.32 Å². The smallest absolute Gasteiger partial charge is 0.337 e. The van der Waals surface area contributed by atoms with Crippen molar-refractivity contribution in [2.75, 3.05) is 26.2 Å². The summed E-state index contributed by atoms with van der Waals surface area (Å²) in [4.78, 5) is 38.4. The molecule has 0 spiro atoms. The average Bonchev–Trinajstić information content (AvgIpc) is 2.38. The number of nitrogens with zero attached hydrogens (tertiary/aromatic N) is 1. The Balaban J connectivity index is 2.67. The van der Waals surface area contributed by atoms with E-state index in [4.69, 9.17) is 15.1 Å². The lowest BCUT2D eigenvalue weighted by molar-refractivity contribution is -0.203. The fourth-order valence-corrected chi connectivity index (χ4v) is 1.75. The van der Waals surface area contributed by atoms with Gasteiger partial charge in [-0.25, -0.2) is 4.79 Å². The van der Waals surface area contributed by atoms with Crippen molar-refractivity contribution >= 4 is 17.9 Å². The summed E-state index contributed by atoms with van der Waals surface area (Å²) < 4.78 is 0. The molecule has 20 heavy (non-hydrogen) atoms. The summed E-state index contributed by atoms with van der Waals surface area (Å²) in [5.41, 5.74) is -2.70. The van der Waals surface area contributed by atoms with E-state index in [1.54, 1.807) is 0 Å². The molecule has 0 amide bonds. The van der Waals surface area contributed by atoms with Gasteiger partial charge >= 0.3 is 17.9 Å². The first kappa shape index (κ1) is 16.3. The Labute approximate surface area is 115 Å². The van der Waals surface area contributed by atoms with E-state index in [0.717, 1.165) is 6.92 Å². The van der Waals surface area contributed by atoms with Crippen molar-refractivity contribution in [3.8, 4) is 0 Å². The third kappa shape index (κ3) is 3.89. The van der Waals surface area contributed by atoms with Crippen molar-refractivity contribution in [3.05, 3.63) is 0 Å². The van der Waals surface area contributed by atoms with Crippen LogP contribution in [0.2, 0.25) is 0 Å². The third-order valence-electron chi connectivity index (χ3n) is 3.18. The number of piperazine rings is 1. The van der Waals surface area contributed by atoms with Crippen molar-refractivity contribution in [1.29, 1.82) is 0 Å². The van der Waals surface area contributed by atoms with Crippen LogP contribution in [0.25, 0.3) is 0 Å². The Hall–Kier alpha value is -1.71. The molecule has 114 valence electrons. The molecule has 0 aromatic rings. The van der Waals surface area contributed by atoms with Crippen LogP contribution in [0, 0.1) is 5.92 Å². The Morgan fingerprint density at radius 3 is 2.30 bits per heavy atom. The maximum Gasteiger partial charge on any atom is 0.337 e. The molecule has 1 aliphatic heterocycles. The lowest BCUT2D eigenvalue weighted by Crippen LogP contribution is -2.51. The predicted molar refractivity (Wildman–Crippen MR) is 64.5 cm³/mol. The van der Waals surface area contributed by atoms with Crippen molar-refractivity contribution in [2.24, 2.45) is 5.92 Å². The van der Waals surface area contributed by atoms with Crippen LogP contribution in [0.5, 0.6) is 0 Å². The van der Waals surface area contributed by atoms with Gasteiger partial charge in [0.1, 0.15) is 0 Å². The van der Waals surface area contributed by atoms with Crippen LogP contribution in [0.3, 0.4) is 0 Å². The molecule has 0 bridgehead atoms. The van der Waals surface area contributed by atoms with E-state index in [9.17, 15) is 19.5 Å². The standard InChI is InChI=1S/C11H18N2O7/c1-7(9(15)16)11(19,10(17)18)6-8(14)20-13-4-2-12-3-5-13/h7,12,19H,2-6H2,1H3,(H,15,16)(H,17,18). The van der Waals surface area contributed by atoms with Crippen LogP contribution >= 0.6 is 0 Å². The van der Waals surface area contributed by atoms with Gasteiger partial charge in [-0.05, 0) is 6.92 Å². The minimum Gasteiger partial charge on any atom is -0.481 e. The molecule has 0 aromatic heterocycles. The highest BCUT2D eigenvalue weighted by atomic mass is 16.7. The Morgan fingerprint density at radius 1 is 1.30 bits per heavy atom. The van der Waals surface area contributed by atoms with Crippen LogP contribution in [0.1, 0.15) is 13.3 Å². The van der Waals surface area contributed by atoms with Crippen molar-refractivity contribution in [2.45, 2.75) is 18.9 Å². The molecule has 0 radical (unpaired) electrons. The molecule has 1 saturated heterocycles. The highest BCUT2D eigenvalue weighted by Crippen LogP contribution is 2.23. The molecule has 1 heterocycles.